The average molecular weight is 298 g/mol. The standard InChI is InChI=1S/C11H10F3NO3.ClH/c1-17-8-3-6(9-5-18-10(16)15-9)2-7(4-8)11(12,13)14;/h2-4,9H,5H2,1H3,(H,15,16);1H/t9-;/m0./s1. The normalized spacial score (nSPS) is 18.3. The lowest BCUT2D eigenvalue weighted by Gasteiger charge is -2.14. The minimum absolute atomic E-state index is 0. The van der Waals surface area contributed by atoms with Gasteiger partial charge in [0.15, 0.2) is 0 Å². The van der Waals surface area contributed by atoms with Gasteiger partial charge in [0, 0.05) is 0 Å². The van der Waals surface area contributed by atoms with Gasteiger partial charge in [-0.1, -0.05) is 0 Å². The number of alkyl halides is 3. The smallest absolute Gasteiger partial charge is 0.416 e. The van der Waals surface area contributed by atoms with E-state index in [1.165, 1.54) is 13.2 Å². The summed E-state index contributed by atoms with van der Waals surface area (Å²) in [7, 11) is 1.28. The fraction of sp³-hybridized carbons (Fsp3) is 0.364. The summed E-state index contributed by atoms with van der Waals surface area (Å²) in [6.45, 7) is 0.00327. The maximum Gasteiger partial charge on any atom is 0.416 e. The minimum atomic E-state index is -4.47. The van der Waals surface area contributed by atoms with Crippen molar-refractivity contribution in [3.8, 4) is 5.75 Å². The Hall–Kier alpha value is -1.63. The second-order valence-corrected chi connectivity index (χ2v) is 3.79. The molecule has 1 aromatic carbocycles. The molecule has 1 aromatic rings. The van der Waals surface area contributed by atoms with E-state index in [0.717, 1.165) is 12.1 Å². The summed E-state index contributed by atoms with van der Waals surface area (Å²) >= 11 is 0. The Morgan fingerprint density at radius 1 is 1.37 bits per heavy atom. The van der Waals surface area contributed by atoms with Gasteiger partial charge in [-0.3, -0.25) is 0 Å². The van der Waals surface area contributed by atoms with Crippen LogP contribution in [-0.2, 0) is 10.9 Å². The fourth-order valence-corrected chi connectivity index (χ4v) is 1.67. The highest BCUT2D eigenvalue weighted by Crippen LogP contribution is 2.34. The molecule has 1 saturated heterocycles. The van der Waals surface area contributed by atoms with Crippen LogP contribution in [0.1, 0.15) is 17.2 Å². The summed E-state index contributed by atoms with van der Waals surface area (Å²) in [4.78, 5) is 10.9. The third-order valence-electron chi connectivity index (χ3n) is 2.57. The number of alkyl carbamates (subject to hydrolysis) is 1. The van der Waals surface area contributed by atoms with Crippen molar-refractivity contribution < 1.29 is 27.4 Å². The second kappa shape index (κ2) is 5.56. The molecule has 0 aliphatic carbocycles. The second-order valence-electron chi connectivity index (χ2n) is 3.79. The zero-order chi connectivity index (χ0) is 13.3. The molecule has 1 amide bonds. The van der Waals surface area contributed by atoms with Gasteiger partial charge in [0.25, 0.3) is 0 Å². The molecule has 0 aromatic heterocycles. The first kappa shape index (κ1) is 15.4. The summed E-state index contributed by atoms with van der Waals surface area (Å²) in [6, 6.07) is 2.73. The Morgan fingerprint density at radius 3 is 2.53 bits per heavy atom. The highest BCUT2D eigenvalue weighted by atomic mass is 35.5. The highest BCUT2D eigenvalue weighted by Gasteiger charge is 2.33. The number of carbonyl (C=O) groups is 1. The van der Waals surface area contributed by atoms with Crippen molar-refractivity contribution in [2.45, 2.75) is 12.2 Å². The molecule has 2 rings (SSSR count). The van der Waals surface area contributed by atoms with E-state index in [-0.39, 0.29) is 24.8 Å². The van der Waals surface area contributed by atoms with Crippen molar-refractivity contribution in [3.63, 3.8) is 0 Å². The van der Waals surface area contributed by atoms with Gasteiger partial charge in [-0.2, -0.15) is 13.2 Å². The highest BCUT2D eigenvalue weighted by molar-refractivity contribution is 5.85. The molecule has 1 heterocycles. The van der Waals surface area contributed by atoms with Gasteiger partial charge in [-0.25, -0.2) is 4.79 Å². The van der Waals surface area contributed by atoms with Crippen LogP contribution in [0.5, 0.6) is 5.75 Å². The predicted molar refractivity (Wildman–Crippen MR) is 62.5 cm³/mol. The Bertz CT molecular complexity index is 479. The number of rotatable bonds is 2. The number of hydrogen-bond acceptors (Lipinski definition) is 3. The van der Waals surface area contributed by atoms with Gasteiger partial charge < -0.3 is 14.8 Å². The average Bonchev–Trinajstić information content (AvgIpc) is 2.74. The molecule has 0 saturated carbocycles. The lowest BCUT2D eigenvalue weighted by Crippen LogP contribution is -2.19. The molecule has 8 heteroatoms. The molecule has 19 heavy (non-hydrogen) atoms. The molecule has 1 atom stereocenters. The molecule has 0 unspecified atom stereocenters. The number of hydrogen-bond donors (Lipinski definition) is 1. The quantitative estimate of drug-likeness (QED) is 0.913. The van der Waals surface area contributed by atoms with Gasteiger partial charge in [-0.05, 0) is 23.8 Å². The molecular formula is C11H11ClF3NO3. The molecule has 0 bridgehead atoms. The van der Waals surface area contributed by atoms with E-state index in [1.54, 1.807) is 0 Å². The van der Waals surface area contributed by atoms with E-state index in [2.05, 4.69) is 10.1 Å². The van der Waals surface area contributed by atoms with Crippen LogP contribution in [0.25, 0.3) is 0 Å². The van der Waals surface area contributed by atoms with Crippen molar-refractivity contribution >= 4 is 18.5 Å². The number of amides is 1. The number of carbonyl (C=O) groups excluding carboxylic acids is 1. The summed E-state index contributed by atoms with van der Waals surface area (Å²) in [5.41, 5.74) is -0.523. The summed E-state index contributed by atoms with van der Waals surface area (Å²) in [6.07, 6.45) is -5.11. The number of ether oxygens (including phenoxy) is 2. The van der Waals surface area contributed by atoms with E-state index < -0.39 is 23.9 Å². The van der Waals surface area contributed by atoms with Crippen LogP contribution in [0.4, 0.5) is 18.0 Å². The van der Waals surface area contributed by atoms with Crippen molar-refractivity contribution in [2.75, 3.05) is 13.7 Å². The van der Waals surface area contributed by atoms with Crippen LogP contribution in [0.15, 0.2) is 18.2 Å². The largest absolute Gasteiger partial charge is 0.497 e. The third kappa shape index (κ3) is 3.44. The Balaban J connectivity index is 0.00000180. The molecule has 1 aliphatic rings. The van der Waals surface area contributed by atoms with Crippen molar-refractivity contribution in [3.05, 3.63) is 29.3 Å². The first-order valence-corrected chi connectivity index (χ1v) is 5.09. The zero-order valence-corrected chi connectivity index (χ0v) is 10.6. The van der Waals surface area contributed by atoms with E-state index in [4.69, 9.17) is 4.74 Å². The SMILES string of the molecule is COc1cc([C@@H]2COC(=O)N2)cc(C(F)(F)F)c1.Cl. The third-order valence-corrected chi connectivity index (χ3v) is 2.57. The topological polar surface area (TPSA) is 47.6 Å². The maximum absolute atomic E-state index is 12.7. The summed E-state index contributed by atoms with van der Waals surface area (Å²) in [5, 5.41) is 2.42. The molecule has 0 radical (unpaired) electrons. The van der Waals surface area contributed by atoms with Crippen molar-refractivity contribution in [1.29, 1.82) is 0 Å². The molecule has 1 N–H and O–H groups in total. The summed E-state index contributed by atoms with van der Waals surface area (Å²) in [5.74, 6) is 0.0842. The van der Waals surface area contributed by atoms with Crippen molar-refractivity contribution in [2.24, 2.45) is 0 Å². The van der Waals surface area contributed by atoms with Gasteiger partial charge in [-0.15, -0.1) is 12.4 Å². The van der Waals surface area contributed by atoms with E-state index in [0.29, 0.717) is 5.56 Å². The van der Waals surface area contributed by atoms with E-state index in [1.807, 2.05) is 0 Å². The van der Waals surface area contributed by atoms with E-state index >= 15 is 0 Å². The Kier molecular flexibility index (Phi) is 4.52. The maximum atomic E-state index is 12.7. The molecule has 1 aliphatic heterocycles. The number of cyclic esters (lactones) is 1. The molecule has 1 fully saturated rings. The fourth-order valence-electron chi connectivity index (χ4n) is 1.67. The zero-order valence-electron chi connectivity index (χ0n) is 9.78. The predicted octanol–water partition coefficient (Wildman–Crippen LogP) is 2.92. The van der Waals surface area contributed by atoms with Crippen LogP contribution in [-0.4, -0.2) is 19.8 Å². The van der Waals surface area contributed by atoms with E-state index in [9.17, 15) is 18.0 Å². The lowest BCUT2D eigenvalue weighted by molar-refractivity contribution is -0.137. The van der Waals surface area contributed by atoms with Gasteiger partial charge in [0.05, 0.1) is 18.7 Å². The van der Waals surface area contributed by atoms with Gasteiger partial charge in [0.2, 0.25) is 0 Å². The van der Waals surface area contributed by atoms with Crippen LogP contribution < -0.4 is 10.1 Å². The summed E-state index contributed by atoms with van der Waals surface area (Å²) < 4.78 is 47.5. The van der Waals surface area contributed by atoms with Crippen LogP contribution in [0.2, 0.25) is 0 Å². The number of nitrogens with one attached hydrogen (secondary N) is 1. The molecule has 4 nitrogen and oxygen atoms in total. The molecule has 0 spiro atoms. The number of methoxy groups -OCH3 is 1. The Morgan fingerprint density at radius 2 is 2.05 bits per heavy atom. The first-order valence-electron chi connectivity index (χ1n) is 5.09. The van der Waals surface area contributed by atoms with Crippen LogP contribution in [0.3, 0.4) is 0 Å². The van der Waals surface area contributed by atoms with Crippen molar-refractivity contribution in [1.82, 2.24) is 5.32 Å². The minimum Gasteiger partial charge on any atom is -0.497 e. The lowest BCUT2D eigenvalue weighted by atomic mass is 10.0. The Labute approximate surface area is 113 Å². The monoisotopic (exact) mass is 297 g/mol. The first-order chi connectivity index (χ1) is 8.40. The number of benzene rings is 1. The molecule has 106 valence electrons. The van der Waals surface area contributed by atoms with Gasteiger partial charge >= 0.3 is 12.3 Å². The molecular weight excluding hydrogens is 287 g/mol. The van der Waals surface area contributed by atoms with Crippen LogP contribution >= 0.6 is 12.4 Å². The van der Waals surface area contributed by atoms with Gasteiger partial charge in [0.1, 0.15) is 12.4 Å². The number of halogens is 4. The van der Waals surface area contributed by atoms with Crippen LogP contribution in [0, 0.1) is 0 Å².